The number of aliphatic hydroxyl groups excluding tert-OH is 1. The molecule has 0 spiro atoms. The maximum absolute atomic E-state index is 14.1. The highest BCUT2D eigenvalue weighted by molar-refractivity contribution is 6.02. The molecule has 1 heterocycles. The fourth-order valence-corrected chi connectivity index (χ4v) is 2.38. The fraction of sp³-hybridized carbons (Fsp3) is 0.429. The van der Waals surface area contributed by atoms with E-state index in [1.165, 1.54) is 6.07 Å². The number of fused-ring (bicyclic) bond motifs is 1. The number of hydrogen-bond acceptors (Lipinski definition) is 4. The normalized spacial score (nSPS) is 18.0. The van der Waals surface area contributed by atoms with Crippen LogP contribution in [0.3, 0.4) is 0 Å². The van der Waals surface area contributed by atoms with Gasteiger partial charge in [-0.1, -0.05) is 6.92 Å². The van der Waals surface area contributed by atoms with Gasteiger partial charge in [0.2, 0.25) is 5.91 Å². The van der Waals surface area contributed by atoms with E-state index >= 15 is 0 Å². The quantitative estimate of drug-likeness (QED) is 0.761. The first-order chi connectivity index (χ1) is 9.85. The van der Waals surface area contributed by atoms with Gasteiger partial charge in [0.05, 0.1) is 11.6 Å². The van der Waals surface area contributed by atoms with Crippen LogP contribution in [0.2, 0.25) is 0 Å². The van der Waals surface area contributed by atoms with Crippen LogP contribution in [0, 0.1) is 11.7 Å². The van der Waals surface area contributed by atoms with Crippen molar-refractivity contribution in [3.05, 3.63) is 23.5 Å². The average Bonchev–Trinajstić information content (AvgIpc) is 2.72. The summed E-state index contributed by atoms with van der Waals surface area (Å²) in [5.74, 6) is -1.56. The maximum atomic E-state index is 14.1. The molecule has 0 fully saturated rings. The number of amides is 2. The van der Waals surface area contributed by atoms with Crippen LogP contribution in [0.25, 0.3) is 0 Å². The van der Waals surface area contributed by atoms with Gasteiger partial charge in [0.15, 0.2) is 6.10 Å². The number of benzene rings is 1. The minimum atomic E-state index is -1.33. The Balaban J connectivity index is 2.23. The van der Waals surface area contributed by atoms with Crippen molar-refractivity contribution in [2.24, 2.45) is 5.92 Å². The van der Waals surface area contributed by atoms with E-state index in [9.17, 15) is 19.1 Å². The maximum Gasteiger partial charge on any atom is 0.257 e. The molecule has 1 aliphatic heterocycles. The van der Waals surface area contributed by atoms with Crippen LogP contribution in [0.15, 0.2) is 12.1 Å². The van der Waals surface area contributed by atoms with Gasteiger partial charge in [-0.15, -0.1) is 0 Å². The van der Waals surface area contributed by atoms with Crippen molar-refractivity contribution in [3.63, 3.8) is 0 Å². The van der Waals surface area contributed by atoms with Crippen molar-refractivity contribution in [2.45, 2.75) is 13.0 Å². The molecule has 1 aromatic rings. The predicted octanol–water partition coefficient (Wildman–Crippen LogP) is 0.630. The van der Waals surface area contributed by atoms with Gasteiger partial charge in [-0.25, -0.2) is 4.39 Å². The highest BCUT2D eigenvalue weighted by Gasteiger charge is 2.30. The molecule has 0 saturated heterocycles. The summed E-state index contributed by atoms with van der Waals surface area (Å²) in [7, 11) is 3.21. The Morgan fingerprint density at radius 2 is 2.24 bits per heavy atom. The van der Waals surface area contributed by atoms with Gasteiger partial charge in [0, 0.05) is 31.9 Å². The molecule has 0 aromatic heterocycles. The molecule has 6 nitrogen and oxygen atoms in total. The molecule has 2 unspecified atom stereocenters. The summed E-state index contributed by atoms with van der Waals surface area (Å²) in [4.78, 5) is 24.5. The molecule has 2 rings (SSSR count). The van der Waals surface area contributed by atoms with E-state index in [1.54, 1.807) is 25.9 Å². The van der Waals surface area contributed by atoms with Crippen molar-refractivity contribution in [2.75, 3.05) is 30.9 Å². The first-order valence-electron chi connectivity index (χ1n) is 6.60. The SMILES string of the molecule is CNC(=O)C(C)CN(C)c1cc2c(cc1F)C(O)C(=O)N2. The van der Waals surface area contributed by atoms with Gasteiger partial charge >= 0.3 is 0 Å². The summed E-state index contributed by atoms with van der Waals surface area (Å²) in [6, 6.07) is 2.61. The van der Waals surface area contributed by atoms with Crippen LogP contribution in [0.1, 0.15) is 18.6 Å². The van der Waals surface area contributed by atoms with E-state index < -0.39 is 17.8 Å². The summed E-state index contributed by atoms with van der Waals surface area (Å²) in [6.07, 6.45) is -1.33. The number of halogens is 1. The average molecular weight is 295 g/mol. The minimum Gasteiger partial charge on any atom is -0.378 e. The molecule has 114 valence electrons. The summed E-state index contributed by atoms with van der Waals surface area (Å²) in [5, 5.41) is 14.6. The van der Waals surface area contributed by atoms with Gasteiger partial charge in [0.25, 0.3) is 5.91 Å². The van der Waals surface area contributed by atoms with Gasteiger partial charge in [-0.2, -0.15) is 0 Å². The van der Waals surface area contributed by atoms with Crippen molar-refractivity contribution >= 4 is 23.2 Å². The third-order valence-electron chi connectivity index (χ3n) is 3.57. The lowest BCUT2D eigenvalue weighted by molar-refractivity contribution is -0.124. The number of carbonyl (C=O) groups excluding carboxylic acids is 2. The van der Waals surface area contributed by atoms with Crippen LogP contribution < -0.4 is 15.5 Å². The van der Waals surface area contributed by atoms with Crippen molar-refractivity contribution in [1.82, 2.24) is 5.32 Å². The molecular weight excluding hydrogens is 277 g/mol. The molecule has 21 heavy (non-hydrogen) atoms. The molecule has 0 saturated carbocycles. The third kappa shape index (κ3) is 2.82. The van der Waals surface area contributed by atoms with Crippen molar-refractivity contribution in [1.29, 1.82) is 0 Å². The van der Waals surface area contributed by atoms with E-state index in [1.807, 2.05) is 0 Å². The number of nitrogens with zero attached hydrogens (tertiary/aromatic N) is 1. The van der Waals surface area contributed by atoms with E-state index in [4.69, 9.17) is 0 Å². The van der Waals surface area contributed by atoms with Crippen molar-refractivity contribution in [3.8, 4) is 0 Å². The second kappa shape index (κ2) is 5.69. The van der Waals surface area contributed by atoms with Gasteiger partial charge in [-0.05, 0) is 12.1 Å². The second-order valence-electron chi connectivity index (χ2n) is 5.18. The topological polar surface area (TPSA) is 81.7 Å². The van der Waals surface area contributed by atoms with Crippen molar-refractivity contribution < 1.29 is 19.1 Å². The molecular formula is C14H18FN3O3. The molecule has 2 atom stereocenters. The Morgan fingerprint density at radius 3 is 2.86 bits per heavy atom. The first-order valence-corrected chi connectivity index (χ1v) is 6.60. The lowest BCUT2D eigenvalue weighted by atomic mass is 10.1. The predicted molar refractivity (Wildman–Crippen MR) is 76.5 cm³/mol. The Bertz CT molecular complexity index is 591. The van der Waals surface area contributed by atoms with E-state index in [-0.39, 0.29) is 23.1 Å². The number of hydrogen-bond donors (Lipinski definition) is 3. The first kappa shape index (κ1) is 15.2. The van der Waals surface area contributed by atoms with E-state index in [0.717, 1.165) is 6.07 Å². The van der Waals surface area contributed by atoms with E-state index in [0.29, 0.717) is 12.2 Å². The lowest BCUT2D eigenvalue weighted by Gasteiger charge is -2.23. The Morgan fingerprint density at radius 1 is 1.57 bits per heavy atom. The Kier molecular flexibility index (Phi) is 4.13. The van der Waals surface area contributed by atoms with Crippen LogP contribution >= 0.6 is 0 Å². The number of anilines is 2. The Labute approximate surface area is 121 Å². The molecule has 0 bridgehead atoms. The van der Waals surface area contributed by atoms with Gasteiger partial charge in [-0.3, -0.25) is 9.59 Å². The summed E-state index contributed by atoms with van der Waals surface area (Å²) in [6.45, 7) is 2.07. The highest BCUT2D eigenvalue weighted by atomic mass is 19.1. The zero-order valence-corrected chi connectivity index (χ0v) is 12.1. The third-order valence-corrected chi connectivity index (χ3v) is 3.57. The van der Waals surface area contributed by atoms with Crippen LogP contribution in [0.5, 0.6) is 0 Å². The molecule has 1 aliphatic rings. The number of carbonyl (C=O) groups is 2. The summed E-state index contributed by atoms with van der Waals surface area (Å²) < 4.78 is 14.1. The second-order valence-corrected chi connectivity index (χ2v) is 5.18. The number of aliphatic hydroxyl groups is 1. The molecule has 0 aliphatic carbocycles. The zero-order valence-electron chi connectivity index (χ0n) is 12.1. The molecule has 7 heteroatoms. The summed E-state index contributed by atoms with van der Waals surface area (Å²) >= 11 is 0. The van der Waals surface area contributed by atoms with Crippen LogP contribution in [0.4, 0.5) is 15.8 Å². The molecule has 0 radical (unpaired) electrons. The fourth-order valence-electron chi connectivity index (χ4n) is 2.38. The Hall–Kier alpha value is -2.15. The van der Waals surface area contributed by atoms with Crippen LogP contribution in [-0.4, -0.2) is 37.6 Å². The van der Waals surface area contributed by atoms with Crippen LogP contribution in [-0.2, 0) is 9.59 Å². The lowest BCUT2D eigenvalue weighted by Crippen LogP contribution is -2.34. The van der Waals surface area contributed by atoms with E-state index in [2.05, 4.69) is 10.6 Å². The highest BCUT2D eigenvalue weighted by Crippen LogP contribution is 2.35. The monoisotopic (exact) mass is 295 g/mol. The largest absolute Gasteiger partial charge is 0.378 e. The number of rotatable bonds is 4. The standard InChI is InChI=1S/C14H18FN3O3/c1-7(13(20)16-2)6-18(3)11-5-10-8(4-9(11)15)12(19)14(21)17-10/h4-5,7,12,19H,6H2,1-3H3,(H,16,20)(H,17,21). The smallest absolute Gasteiger partial charge is 0.257 e. The minimum absolute atomic E-state index is 0.132. The van der Waals surface area contributed by atoms with Gasteiger partial charge < -0.3 is 20.6 Å². The molecule has 3 N–H and O–H groups in total. The molecule has 2 amide bonds. The van der Waals surface area contributed by atoms with Gasteiger partial charge in [0.1, 0.15) is 5.82 Å². The number of nitrogens with one attached hydrogen (secondary N) is 2. The molecule has 1 aromatic carbocycles. The summed E-state index contributed by atoms with van der Waals surface area (Å²) in [5.41, 5.74) is 0.885. The zero-order chi connectivity index (χ0) is 15.7.